The van der Waals surface area contributed by atoms with Gasteiger partial charge in [-0.25, -0.2) is 9.97 Å². The second-order valence-electron chi connectivity index (χ2n) is 2.08. The molecule has 0 spiro atoms. The highest BCUT2D eigenvalue weighted by atomic mass is 14.8. The number of benzene rings is 1. The molecule has 62 valence electrons. The molecule has 1 aromatic carbocycles. The Kier molecular flexibility index (Phi) is 3.20. The van der Waals surface area contributed by atoms with Gasteiger partial charge in [0.25, 0.3) is 0 Å². The largest absolute Gasteiger partial charge is 0.244 e. The number of aromatic nitrogens is 2. The molecule has 0 aliphatic rings. The molecule has 0 fully saturated rings. The summed E-state index contributed by atoms with van der Waals surface area (Å²) >= 11 is 0. The van der Waals surface area contributed by atoms with Crippen molar-refractivity contribution in [2.45, 2.75) is 13.8 Å². The minimum Gasteiger partial charge on any atom is -0.244 e. The van der Waals surface area contributed by atoms with E-state index in [-0.39, 0.29) is 0 Å². The van der Waals surface area contributed by atoms with Gasteiger partial charge in [0.05, 0.1) is 5.52 Å². The van der Waals surface area contributed by atoms with E-state index in [9.17, 15) is 0 Å². The SMILES string of the molecule is CC.c1ccc2ncncc2c1. The first-order valence-electron chi connectivity index (χ1n) is 4.11. The fourth-order valence-electron chi connectivity index (χ4n) is 0.923. The summed E-state index contributed by atoms with van der Waals surface area (Å²) < 4.78 is 0. The van der Waals surface area contributed by atoms with E-state index in [0.717, 1.165) is 10.9 Å². The van der Waals surface area contributed by atoms with Gasteiger partial charge in [0.15, 0.2) is 0 Å². The number of hydrogen-bond donors (Lipinski definition) is 0. The minimum atomic E-state index is 0.998. The zero-order valence-corrected chi connectivity index (χ0v) is 7.36. The number of fused-ring (bicyclic) bond motifs is 1. The lowest BCUT2D eigenvalue weighted by Gasteiger charge is -1.90. The first-order valence-corrected chi connectivity index (χ1v) is 4.11. The summed E-state index contributed by atoms with van der Waals surface area (Å²) in [5.41, 5.74) is 0.998. The zero-order chi connectivity index (χ0) is 8.81. The van der Waals surface area contributed by atoms with Gasteiger partial charge in [-0.2, -0.15) is 0 Å². The molecule has 1 heterocycles. The molecular formula is C10H12N2. The van der Waals surface area contributed by atoms with Crippen LogP contribution in [0.4, 0.5) is 0 Å². The Morgan fingerprint density at radius 2 is 1.83 bits per heavy atom. The summed E-state index contributed by atoms with van der Waals surface area (Å²) in [6.07, 6.45) is 3.37. The van der Waals surface area contributed by atoms with Crippen LogP contribution in [0.3, 0.4) is 0 Å². The third-order valence-corrected chi connectivity index (χ3v) is 1.41. The molecule has 0 atom stereocenters. The van der Waals surface area contributed by atoms with Crippen LogP contribution in [0.25, 0.3) is 10.9 Å². The van der Waals surface area contributed by atoms with Crippen molar-refractivity contribution in [1.82, 2.24) is 9.97 Å². The molecule has 2 nitrogen and oxygen atoms in total. The Morgan fingerprint density at radius 3 is 2.58 bits per heavy atom. The summed E-state index contributed by atoms with van der Waals surface area (Å²) in [6.45, 7) is 4.00. The van der Waals surface area contributed by atoms with Crippen molar-refractivity contribution >= 4 is 10.9 Å². The Bertz CT molecular complexity index is 279. The summed E-state index contributed by atoms with van der Waals surface area (Å²) in [4.78, 5) is 7.97. The van der Waals surface area contributed by atoms with Crippen LogP contribution in [0.5, 0.6) is 0 Å². The van der Waals surface area contributed by atoms with E-state index in [4.69, 9.17) is 0 Å². The van der Waals surface area contributed by atoms with Crippen LogP contribution in [-0.2, 0) is 0 Å². The Morgan fingerprint density at radius 1 is 1.08 bits per heavy atom. The average molecular weight is 160 g/mol. The van der Waals surface area contributed by atoms with E-state index in [1.165, 1.54) is 0 Å². The Hall–Kier alpha value is -1.44. The van der Waals surface area contributed by atoms with E-state index in [1.807, 2.05) is 44.3 Å². The van der Waals surface area contributed by atoms with E-state index in [1.54, 1.807) is 6.33 Å². The van der Waals surface area contributed by atoms with Gasteiger partial charge in [0, 0.05) is 11.6 Å². The zero-order valence-electron chi connectivity index (χ0n) is 7.36. The predicted octanol–water partition coefficient (Wildman–Crippen LogP) is 2.66. The van der Waals surface area contributed by atoms with Crippen LogP contribution in [0.1, 0.15) is 13.8 Å². The highest BCUT2D eigenvalue weighted by Crippen LogP contribution is 2.06. The first kappa shape index (κ1) is 8.65. The van der Waals surface area contributed by atoms with Crippen molar-refractivity contribution < 1.29 is 0 Å². The number of para-hydroxylation sites is 1. The lowest BCUT2D eigenvalue weighted by Crippen LogP contribution is -1.77. The van der Waals surface area contributed by atoms with E-state index < -0.39 is 0 Å². The maximum atomic E-state index is 4.07. The molecule has 0 aliphatic carbocycles. The number of rotatable bonds is 0. The van der Waals surface area contributed by atoms with Crippen molar-refractivity contribution in [3.63, 3.8) is 0 Å². The normalized spacial score (nSPS) is 8.83. The van der Waals surface area contributed by atoms with Crippen LogP contribution in [0, 0.1) is 0 Å². The maximum absolute atomic E-state index is 4.07. The molecule has 1 aromatic heterocycles. The molecule has 12 heavy (non-hydrogen) atoms. The first-order chi connectivity index (χ1) is 5.97. The van der Waals surface area contributed by atoms with E-state index in [2.05, 4.69) is 9.97 Å². The number of nitrogens with zero attached hydrogens (tertiary/aromatic N) is 2. The van der Waals surface area contributed by atoms with Gasteiger partial charge in [0.1, 0.15) is 6.33 Å². The topological polar surface area (TPSA) is 25.8 Å². The van der Waals surface area contributed by atoms with Gasteiger partial charge in [-0.05, 0) is 6.07 Å². The van der Waals surface area contributed by atoms with Crippen LogP contribution in [-0.4, -0.2) is 9.97 Å². The molecule has 2 heteroatoms. The van der Waals surface area contributed by atoms with Crippen LogP contribution in [0.15, 0.2) is 36.8 Å². The van der Waals surface area contributed by atoms with Crippen molar-refractivity contribution in [3.05, 3.63) is 36.8 Å². The average Bonchev–Trinajstić information content (AvgIpc) is 2.21. The van der Waals surface area contributed by atoms with Gasteiger partial charge in [-0.1, -0.05) is 32.0 Å². The second-order valence-corrected chi connectivity index (χ2v) is 2.08. The van der Waals surface area contributed by atoms with Gasteiger partial charge < -0.3 is 0 Å². The predicted molar refractivity (Wildman–Crippen MR) is 50.9 cm³/mol. The third-order valence-electron chi connectivity index (χ3n) is 1.41. The molecule has 2 aromatic rings. The molecule has 0 aliphatic heterocycles. The summed E-state index contributed by atoms with van der Waals surface area (Å²) in [5, 5.41) is 1.09. The Labute approximate surface area is 72.3 Å². The van der Waals surface area contributed by atoms with Crippen molar-refractivity contribution in [3.8, 4) is 0 Å². The molecule has 2 rings (SSSR count). The van der Waals surface area contributed by atoms with E-state index in [0.29, 0.717) is 0 Å². The molecule has 0 bridgehead atoms. The van der Waals surface area contributed by atoms with Crippen LogP contribution >= 0.6 is 0 Å². The van der Waals surface area contributed by atoms with Crippen molar-refractivity contribution in [1.29, 1.82) is 0 Å². The van der Waals surface area contributed by atoms with Gasteiger partial charge >= 0.3 is 0 Å². The van der Waals surface area contributed by atoms with Crippen LogP contribution in [0.2, 0.25) is 0 Å². The molecule has 0 saturated heterocycles. The quantitative estimate of drug-likeness (QED) is 0.592. The monoisotopic (exact) mass is 160 g/mol. The standard InChI is InChI=1S/C8H6N2.C2H6/c1-2-4-8-7(3-1)5-9-6-10-8;1-2/h1-6H;1-2H3. The second kappa shape index (κ2) is 4.44. The fourth-order valence-corrected chi connectivity index (χ4v) is 0.923. The summed E-state index contributed by atoms with van der Waals surface area (Å²) in [7, 11) is 0. The van der Waals surface area contributed by atoms with E-state index >= 15 is 0 Å². The molecule has 0 saturated carbocycles. The molecule has 0 N–H and O–H groups in total. The minimum absolute atomic E-state index is 0.998. The lowest BCUT2D eigenvalue weighted by molar-refractivity contribution is 1.22. The summed E-state index contributed by atoms with van der Waals surface area (Å²) in [6, 6.07) is 7.91. The van der Waals surface area contributed by atoms with Gasteiger partial charge in [0.2, 0.25) is 0 Å². The maximum Gasteiger partial charge on any atom is 0.116 e. The molecular weight excluding hydrogens is 148 g/mol. The lowest BCUT2D eigenvalue weighted by atomic mass is 10.2. The Balaban J connectivity index is 0.000000336. The van der Waals surface area contributed by atoms with Crippen molar-refractivity contribution in [2.75, 3.05) is 0 Å². The summed E-state index contributed by atoms with van der Waals surface area (Å²) in [5.74, 6) is 0. The molecule has 0 radical (unpaired) electrons. The smallest absolute Gasteiger partial charge is 0.116 e. The fraction of sp³-hybridized carbons (Fsp3) is 0.200. The number of hydrogen-bond acceptors (Lipinski definition) is 2. The van der Waals surface area contributed by atoms with Gasteiger partial charge in [-0.15, -0.1) is 0 Å². The van der Waals surface area contributed by atoms with Crippen molar-refractivity contribution in [2.24, 2.45) is 0 Å². The highest BCUT2D eigenvalue weighted by Gasteiger charge is 1.87. The van der Waals surface area contributed by atoms with Gasteiger partial charge in [-0.3, -0.25) is 0 Å². The highest BCUT2D eigenvalue weighted by molar-refractivity contribution is 5.76. The third kappa shape index (κ3) is 1.78. The molecule has 0 unspecified atom stereocenters. The molecule has 0 amide bonds. The van der Waals surface area contributed by atoms with Crippen LogP contribution < -0.4 is 0 Å².